The van der Waals surface area contributed by atoms with E-state index in [1.807, 2.05) is 48.6 Å². The lowest BCUT2D eigenvalue weighted by Crippen LogP contribution is -2.38. The van der Waals surface area contributed by atoms with Crippen LogP contribution in [0.3, 0.4) is 0 Å². The van der Waals surface area contributed by atoms with E-state index in [0.717, 1.165) is 18.4 Å². The quantitative estimate of drug-likeness (QED) is 0.691. The first-order chi connectivity index (χ1) is 13.7. The summed E-state index contributed by atoms with van der Waals surface area (Å²) in [5.74, 6) is -0.370. The lowest BCUT2D eigenvalue weighted by atomic mass is 10.1. The molecule has 146 valence electrons. The van der Waals surface area contributed by atoms with Crippen molar-refractivity contribution < 1.29 is 19.1 Å². The van der Waals surface area contributed by atoms with Crippen LogP contribution in [0.25, 0.3) is 6.08 Å². The molecule has 2 atom stereocenters. The number of ether oxygens (including phenoxy) is 2. The number of nitrogens with zero attached hydrogens (tertiary/aromatic N) is 1. The van der Waals surface area contributed by atoms with Crippen LogP contribution >= 0.6 is 0 Å². The molecule has 0 aliphatic carbocycles. The van der Waals surface area contributed by atoms with Gasteiger partial charge in [0.1, 0.15) is 6.10 Å². The van der Waals surface area contributed by atoms with E-state index in [1.54, 1.807) is 29.2 Å². The number of hydrogen-bond donors (Lipinski definition) is 0. The molecule has 0 bridgehead atoms. The molecule has 5 heteroatoms. The average molecular weight is 379 g/mol. The van der Waals surface area contributed by atoms with E-state index < -0.39 is 6.10 Å². The molecule has 1 unspecified atom stereocenters. The molecule has 1 amide bonds. The molecule has 28 heavy (non-hydrogen) atoms. The SMILES string of the molecule is COC(=O)N1CCCC1C[C@H](/C=C/c1ccccc1)OC(=O)c1ccccc1. The van der Waals surface area contributed by atoms with Crippen molar-refractivity contribution in [3.05, 3.63) is 77.9 Å². The summed E-state index contributed by atoms with van der Waals surface area (Å²) in [5, 5.41) is 0. The van der Waals surface area contributed by atoms with Crippen LogP contribution in [0.1, 0.15) is 35.2 Å². The van der Waals surface area contributed by atoms with Crippen LogP contribution in [0.15, 0.2) is 66.7 Å². The highest BCUT2D eigenvalue weighted by atomic mass is 16.5. The van der Waals surface area contributed by atoms with Crippen LogP contribution in [0.5, 0.6) is 0 Å². The highest BCUT2D eigenvalue weighted by Gasteiger charge is 2.32. The molecule has 3 rings (SSSR count). The molecule has 0 N–H and O–H groups in total. The molecule has 0 aromatic heterocycles. The Morgan fingerprint density at radius 1 is 1.11 bits per heavy atom. The van der Waals surface area contributed by atoms with E-state index in [9.17, 15) is 9.59 Å². The van der Waals surface area contributed by atoms with Gasteiger partial charge >= 0.3 is 12.1 Å². The number of esters is 1. The van der Waals surface area contributed by atoms with Crippen LogP contribution in [0, 0.1) is 0 Å². The van der Waals surface area contributed by atoms with Gasteiger partial charge in [-0.1, -0.05) is 54.6 Å². The lowest BCUT2D eigenvalue weighted by Gasteiger charge is -2.26. The van der Waals surface area contributed by atoms with Gasteiger partial charge in [-0.05, 0) is 36.6 Å². The molecule has 2 aromatic rings. The van der Waals surface area contributed by atoms with Gasteiger partial charge in [-0.15, -0.1) is 0 Å². The van der Waals surface area contributed by atoms with Gasteiger partial charge in [0.15, 0.2) is 0 Å². The predicted octanol–water partition coefficient (Wildman–Crippen LogP) is 4.55. The number of rotatable bonds is 6. The van der Waals surface area contributed by atoms with Gasteiger partial charge < -0.3 is 14.4 Å². The van der Waals surface area contributed by atoms with Gasteiger partial charge in [0, 0.05) is 19.0 Å². The Labute approximate surface area is 165 Å². The summed E-state index contributed by atoms with van der Waals surface area (Å²) in [4.78, 5) is 26.3. The molecule has 0 radical (unpaired) electrons. The van der Waals surface area contributed by atoms with E-state index in [0.29, 0.717) is 18.5 Å². The summed E-state index contributed by atoms with van der Waals surface area (Å²) in [5.41, 5.74) is 1.54. The summed E-state index contributed by atoms with van der Waals surface area (Å²) >= 11 is 0. The maximum absolute atomic E-state index is 12.6. The Balaban J connectivity index is 1.75. The van der Waals surface area contributed by atoms with Crippen molar-refractivity contribution in [2.75, 3.05) is 13.7 Å². The molecular formula is C23H25NO4. The fourth-order valence-corrected chi connectivity index (χ4v) is 3.43. The van der Waals surface area contributed by atoms with Crippen molar-refractivity contribution in [1.82, 2.24) is 4.90 Å². The predicted molar refractivity (Wildman–Crippen MR) is 108 cm³/mol. The van der Waals surface area contributed by atoms with Crippen LogP contribution < -0.4 is 0 Å². The van der Waals surface area contributed by atoms with Crippen LogP contribution in [-0.2, 0) is 9.47 Å². The van der Waals surface area contributed by atoms with Crippen LogP contribution in [-0.4, -0.2) is 42.8 Å². The zero-order valence-corrected chi connectivity index (χ0v) is 16.0. The second-order valence-electron chi connectivity index (χ2n) is 6.77. The highest BCUT2D eigenvalue weighted by Crippen LogP contribution is 2.24. The third-order valence-corrected chi connectivity index (χ3v) is 4.86. The second-order valence-corrected chi connectivity index (χ2v) is 6.77. The molecule has 0 spiro atoms. The van der Waals surface area contributed by atoms with E-state index in [4.69, 9.17) is 9.47 Å². The Morgan fingerprint density at radius 3 is 2.46 bits per heavy atom. The summed E-state index contributed by atoms with van der Waals surface area (Å²) in [6.07, 6.45) is 5.39. The molecule has 1 heterocycles. The molecule has 1 aliphatic rings. The topological polar surface area (TPSA) is 55.8 Å². The number of likely N-dealkylation sites (tertiary alicyclic amines) is 1. The minimum absolute atomic E-state index is 0.0125. The second kappa shape index (κ2) is 9.74. The number of benzene rings is 2. The number of amides is 1. The molecule has 5 nitrogen and oxygen atoms in total. The van der Waals surface area contributed by atoms with E-state index in [1.165, 1.54) is 7.11 Å². The Bertz CT molecular complexity index is 804. The highest BCUT2D eigenvalue weighted by molar-refractivity contribution is 5.89. The zero-order chi connectivity index (χ0) is 19.8. The lowest BCUT2D eigenvalue weighted by molar-refractivity contribution is 0.0334. The third kappa shape index (κ3) is 5.22. The van der Waals surface area contributed by atoms with E-state index >= 15 is 0 Å². The van der Waals surface area contributed by atoms with E-state index in [2.05, 4.69) is 0 Å². The monoisotopic (exact) mass is 379 g/mol. The standard InChI is InChI=1S/C23H25NO4/c1-27-23(26)24-16-8-13-20(24)17-21(15-14-18-9-4-2-5-10-18)28-22(25)19-11-6-3-7-12-19/h2-7,9-12,14-15,20-21H,8,13,16-17H2,1H3/b15-14+/t20?,21-/m0/s1. The third-order valence-electron chi connectivity index (χ3n) is 4.86. The van der Waals surface area contributed by atoms with Gasteiger partial charge in [0.2, 0.25) is 0 Å². The Morgan fingerprint density at radius 2 is 1.79 bits per heavy atom. The van der Waals surface area contributed by atoms with Crippen LogP contribution in [0.2, 0.25) is 0 Å². The minimum Gasteiger partial charge on any atom is -0.454 e. The Kier molecular flexibility index (Phi) is 6.84. The first kappa shape index (κ1) is 19.7. The molecular weight excluding hydrogens is 354 g/mol. The molecule has 0 saturated carbocycles. The van der Waals surface area contributed by atoms with Gasteiger partial charge in [-0.25, -0.2) is 9.59 Å². The molecule has 1 aliphatic heterocycles. The van der Waals surface area contributed by atoms with Crippen molar-refractivity contribution in [1.29, 1.82) is 0 Å². The molecule has 1 saturated heterocycles. The summed E-state index contributed by atoms with van der Waals surface area (Å²) in [6, 6.07) is 18.8. The number of methoxy groups -OCH3 is 1. The van der Waals surface area contributed by atoms with Crippen LogP contribution in [0.4, 0.5) is 4.79 Å². The average Bonchev–Trinajstić information content (AvgIpc) is 3.21. The fraction of sp³-hybridized carbons (Fsp3) is 0.304. The molecule has 1 fully saturated rings. The van der Waals surface area contributed by atoms with Gasteiger partial charge in [0.05, 0.1) is 12.7 Å². The van der Waals surface area contributed by atoms with Crippen molar-refractivity contribution in [3.8, 4) is 0 Å². The van der Waals surface area contributed by atoms with Crippen molar-refractivity contribution in [2.24, 2.45) is 0 Å². The number of carbonyl (C=O) groups is 2. The smallest absolute Gasteiger partial charge is 0.409 e. The first-order valence-corrected chi connectivity index (χ1v) is 9.51. The maximum Gasteiger partial charge on any atom is 0.409 e. The summed E-state index contributed by atoms with van der Waals surface area (Å²) in [6.45, 7) is 0.666. The number of carbonyl (C=O) groups excluding carboxylic acids is 2. The largest absolute Gasteiger partial charge is 0.454 e. The van der Waals surface area contributed by atoms with Gasteiger partial charge in [-0.3, -0.25) is 0 Å². The van der Waals surface area contributed by atoms with Gasteiger partial charge in [-0.2, -0.15) is 0 Å². The Hall–Kier alpha value is -3.08. The van der Waals surface area contributed by atoms with Gasteiger partial charge in [0.25, 0.3) is 0 Å². The molecule has 2 aromatic carbocycles. The summed E-state index contributed by atoms with van der Waals surface area (Å²) < 4.78 is 10.7. The van der Waals surface area contributed by atoms with Crippen molar-refractivity contribution in [3.63, 3.8) is 0 Å². The fourth-order valence-electron chi connectivity index (χ4n) is 3.43. The number of hydrogen-bond acceptors (Lipinski definition) is 4. The van der Waals surface area contributed by atoms with Crippen molar-refractivity contribution in [2.45, 2.75) is 31.4 Å². The van der Waals surface area contributed by atoms with E-state index in [-0.39, 0.29) is 18.1 Å². The zero-order valence-electron chi connectivity index (χ0n) is 16.0. The van der Waals surface area contributed by atoms with Crippen molar-refractivity contribution >= 4 is 18.1 Å². The minimum atomic E-state index is -0.442. The first-order valence-electron chi connectivity index (χ1n) is 9.51. The normalized spacial score (nSPS) is 17.5. The summed E-state index contributed by atoms with van der Waals surface area (Å²) in [7, 11) is 1.39. The maximum atomic E-state index is 12.6.